The number of nitrogens with two attached hydrogens (primary N) is 1. The largest absolute Gasteiger partial charge is 0.433 e. The second kappa shape index (κ2) is 5.96. The Balaban J connectivity index is 2.10. The Hall–Kier alpha value is -2.48. The Morgan fingerprint density at radius 2 is 2.00 bits per heavy atom. The molecule has 0 aliphatic carbocycles. The first-order valence-electron chi connectivity index (χ1n) is 6.47. The number of halogens is 3. The minimum Gasteiger partial charge on any atom is -0.433 e. The molecule has 3 rings (SSSR count). The van der Waals surface area contributed by atoms with Crippen LogP contribution in [0.25, 0.3) is 16.6 Å². The van der Waals surface area contributed by atoms with Crippen molar-refractivity contribution in [3.63, 3.8) is 0 Å². The normalized spacial score (nSPS) is 11.1. The predicted molar refractivity (Wildman–Crippen MR) is 86.1 cm³/mol. The summed E-state index contributed by atoms with van der Waals surface area (Å²) < 4.78 is 30.9. The smallest absolute Gasteiger partial charge is 0.387 e. The summed E-state index contributed by atoms with van der Waals surface area (Å²) in [5, 5.41) is 0.433. The van der Waals surface area contributed by atoms with Gasteiger partial charge in [-0.1, -0.05) is 15.9 Å². The molecular formula is C15H10BrF2N3O2. The van der Waals surface area contributed by atoms with Crippen molar-refractivity contribution in [2.45, 2.75) is 6.61 Å². The molecule has 118 valence electrons. The first-order chi connectivity index (χ1) is 11.0. The Kier molecular flexibility index (Phi) is 3.99. The van der Waals surface area contributed by atoms with Gasteiger partial charge in [-0.25, -0.2) is 4.98 Å². The molecular weight excluding hydrogens is 372 g/mol. The quantitative estimate of drug-likeness (QED) is 0.706. The number of hydrogen-bond acceptors (Lipinski definition) is 4. The fourth-order valence-corrected chi connectivity index (χ4v) is 2.52. The Morgan fingerprint density at radius 3 is 2.70 bits per heavy atom. The van der Waals surface area contributed by atoms with Crippen LogP contribution in [0.15, 0.2) is 52.0 Å². The third-order valence-corrected chi connectivity index (χ3v) is 3.70. The van der Waals surface area contributed by atoms with E-state index in [1.54, 1.807) is 18.2 Å². The highest BCUT2D eigenvalue weighted by Crippen LogP contribution is 2.25. The summed E-state index contributed by atoms with van der Waals surface area (Å²) in [7, 11) is 0. The lowest BCUT2D eigenvalue weighted by molar-refractivity contribution is -0.0493. The molecule has 23 heavy (non-hydrogen) atoms. The standard InChI is InChI=1S/C15H10BrF2N3O2/c16-8-1-3-10-12(5-8)20-7-21(14(10)22)9-2-4-13(11(19)6-9)23-15(17)18/h1-7,15H,19H2. The van der Waals surface area contributed by atoms with Gasteiger partial charge in [-0.2, -0.15) is 8.78 Å². The minimum atomic E-state index is -2.97. The molecule has 5 nitrogen and oxygen atoms in total. The summed E-state index contributed by atoms with van der Waals surface area (Å²) in [4.78, 5) is 16.8. The first kappa shape index (κ1) is 15.4. The number of hydrogen-bond donors (Lipinski definition) is 1. The number of fused-ring (bicyclic) bond motifs is 1. The number of nitrogens with zero attached hydrogens (tertiary/aromatic N) is 2. The predicted octanol–water partition coefficient (Wildman–Crippen LogP) is 3.33. The van der Waals surface area contributed by atoms with E-state index >= 15 is 0 Å². The minimum absolute atomic E-state index is 0.00519. The van der Waals surface area contributed by atoms with Crippen LogP contribution >= 0.6 is 15.9 Å². The summed E-state index contributed by atoms with van der Waals surface area (Å²) in [6.07, 6.45) is 1.36. The van der Waals surface area contributed by atoms with Crippen molar-refractivity contribution in [1.82, 2.24) is 9.55 Å². The molecule has 0 spiro atoms. The topological polar surface area (TPSA) is 70.1 Å². The molecule has 0 saturated carbocycles. The highest BCUT2D eigenvalue weighted by atomic mass is 79.9. The number of anilines is 1. The Bertz CT molecular complexity index is 944. The molecule has 2 aromatic carbocycles. The van der Waals surface area contributed by atoms with Gasteiger partial charge in [0.05, 0.1) is 22.3 Å². The third-order valence-electron chi connectivity index (χ3n) is 3.21. The number of benzene rings is 2. The maximum Gasteiger partial charge on any atom is 0.387 e. The van der Waals surface area contributed by atoms with Crippen molar-refractivity contribution in [3.8, 4) is 11.4 Å². The Labute approximate surface area is 137 Å². The van der Waals surface area contributed by atoms with Crippen molar-refractivity contribution in [3.05, 3.63) is 57.6 Å². The zero-order valence-electron chi connectivity index (χ0n) is 11.5. The summed E-state index contributed by atoms with van der Waals surface area (Å²) in [6, 6.07) is 9.25. The van der Waals surface area contributed by atoms with Gasteiger partial charge in [0.25, 0.3) is 5.56 Å². The molecule has 0 aliphatic heterocycles. The van der Waals surface area contributed by atoms with Crippen LogP contribution in [-0.2, 0) is 0 Å². The summed E-state index contributed by atoms with van der Waals surface area (Å²) >= 11 is 3.32. The van der Waals surface area contributed by atoms with E-state index in [1.165, 1.54) is 29.1 Å². The van der Waals surface area contributed by atoms with Gasteiger partial charge in [-0.3, -0.25) is 9.36 Å². The lowest BCUT2D eigenvalue weighted by Gasteiger charge is -2.11. The number of alkyl halides is 2. The van der Waals surface area contributed by atoms with Crippen LogP contribution in [0.3, 0.4) is 0 Å². The van der Waals surface area contributed by atoms with Gasteiger partial charge < -0.3 is 10.5 Å². The molecule has 1 aromatic heterocycles. The highest BCUT2D eigenvalue weighted by Gasteiger charge is 2.11. The monoisotopic (exact) mass is 381 g/mol. The average molecular weight is 382 g/mol. The number of nitrogen functional groups attached to an aromatic ring is 1. The fourth-order valence-electron chi connectivity index (χ4n) is 2.17. The van der Waals surface area contributed by atoms with Crippen LogP contribution in [0, 0.1) is 0 Å². The van der Waals surface area contributed by atoms with Gasteiger partial charge in [0.15, 0.2) is 0 Å². The van der Waals surface area contributed by atoms with Crippen molar-refractivity contribution in [2.75, 3.05) is 5.73 Å². The lowest BCUT2D eigenvalue weighted by Crippen LogP contribution is -2.19. The van der Waals surface area contributed by atoms with Crippen molar-refractivity contribution >= 4 is 32.5 Å². The number of ether oxygens (including phenoxy) is 1. The van der Waals surface area contributed by atoms with E-state index in [0.29, 0.717) is 16.6 Å². The zero-order chi connectivity index (χ0) is 16.6. The van der Waals surface area contributed by atoms with E-state index in [0.717, 1.165) is 4.47 Å². The van der Waals surface area contributed by atoms with Crippen LogP contribution in [0.2, 0.25) is 0 Å². The first-order valence-corrected chi connectivity index (χ1v) is 7.26. The fraction of sp³-hybridized carbons (Fsp3) is 0.0667. The van der Waals surface area contributed by atoms with Crippen LogP contribution in [-0.4, -0.2) is 16.2 Å². The van der Waals surface area contributed by atoms with Gasteiger partial charge in [0.1, 0.15) is 12.1 Å². The molecule has 8 heteroatoms. The number of aromatic nitrogens is 2. The molecule has 0 atom stereocenters. The SMILES string of the molecule is Nc1cc(-n2cnc3cc(Br)ccc3c2=O)ccc1OC(F)F. The second-order valence-electron chi connectivity index (χ2n) is 4.68. The van der Waals surface area contributed by atoms with Crippen molar-refractivity contribution in [2.24, 2.45) is 0 Å². The molecule has 0 aliphatic rings. The van der Waals surface area contributed by atoms with Crippen LogP contribution < -0.4 is 16.0 Å². The number of rotatable bonds is 3. The van der Waals surface area contributed by atoms with Crippen molar-refractivity contribution in [1.29, 1.82) is 0 Å². The molecule has 3 aromatic rings. The molecule has 0 fully saturated rings. The van der Waals surface area contributed by atoms with Crippen LogP contribution in [0.1, 0.15) is 0 Å². The van der Waals surface area contributed by atoms with Crippen LogP contribution in [0.5, 0.6) is 5.75 Å². The van der Waals surface area contributed by atoms with Gasteiger partial charge in [0, 0.05) is 4.47 Å². The Morgan fingerprint density at radius 1 is 1.22 bits per heavy atom. The molecule has 0 radical (unpaired) electrons. The van der Waals surface area contributed by atoms with E-state index in [4.69, 9.17) is 5.73 Å². The molecule has 0 amide bonds. The molecule has 0 unspecified atom stereocenters. The van der Waals surface area contributed by atoms with Crippen LogP contribution in [0.4, 0.5) is 14.5 Å². The molecule has 1 heterocycles. The zero-order valence-corrected chi connectivity index (χ0v) is 13.1. The molecule has 0 saturated heterocycles. The van der Waals surface area contributed by atoms with E-state index in [-0.39, 0.29) is 17.0 Å². The van der Waals surface area contributed by atoms with Gasteiger partial charge in [0.2, 0.25) is 0 Å². The highest BCUT2D eigenvalue weighted by molar-refractivity contribution is 9.10. The summed E-state index contributed by atoms with van der Waals surface area (Å²) in [6.45, 7) is -2.97. The molecule has 2 N–H and O–H groups in total. The van der Waals surface area contributed by atoms with E-state index in [2.05, 4.69) is 25.7 Å². The van der Waals surface area contributed by atoms with E-state index < -0.39 is 6.61 Å². The summed E-state index contributed by atoms with van der Waals surface area (Å²) in [5.41, 5.74) is 6.36. The summed E-state index contributed by atoms with van der Waals surface area (Å²) in [5.74, 6) is -0.144. The second-order valence-corrected chi connectivity index (χ2v) is 5.60. The van der Waals surface area contributed by atoms with E-state index in [1.807, 2.05) is 0 Å². The van der Waals surface area contributed by atoms with E-state index in [9.17, 15) is 13.6 Å². The van der Waals surface area contributed by atoms with Gasteiger partial charge >= 0.3 is 6.61 Å². The van der Waals surface area contributed by atoms with Gasteiger partial charge in [-0.15, -0.1) is 0 Å². The third kappa shape index (κ3) is 3.02. The molecule has 0 bridgehead atoms. The maximum absolute atomic E-state index is 12.5. The van der Waals surface area contributed by atoms with Gasteiger partial charge in [-0.05, 0) is 36.4 Å². The van der Waals surface area contributed by atoms with Crippen molar-refractivity contribution < 1.29 is 13.5 Å². The average Bonchev–Trinajstić information content (AvgIpc) is 2.49. The maximum atomic E-state index is 12.5. The lowest BCUT2D eigenvalue weighted by atomic mass is 10.2.